The summed E-state index contributed by atoms with van der Waals surface area (Å²) >= 11 is 13.1. The van der Waals surface area contributed by atoms with Gasteiger partial charge in [-0.25, -0.2) is 0 Å². The standard InChI is InChI=1S/C14H12Br2ClN/c1-9-6-10(2-4-12(9)16)8-18-14-7-11(15)3-5-13(14)17/h2-7,18H,8H2,1H3. The molecule has 0 aromatic heterocycles. The van der Waals surface area contributed by atoms with Gasteiger partial charge >= 0.3 is 0 Å². The van der Waals surface area contributed by atoms with E-state index in [1.54, 1.807) is 0 Å². The number of hydrogen-bond acceptors (Lipinski definition) is 1. The Morgan fingerprint density at radius 1 is 1.11 bits per heavy atom. The van der Waals surface area contributed by atoms with Gasteiger partial charge in [0.15, 0.2) is 0 Å². The Morgan fingerprint density at radius 3 is 2.61 bits per heavy atom. The van der Waals surface area contributed by atoms with Crippen LogP contribution in [0.4, 0.5) is 5.69 Å². The third kappa shape index (κ3) is 3.50. The Morgan fingerprint density at radius 2 is 1.89 bits per heavy atom. The van der Waals surface area contributed by atoms with Crippen molar-refractivity contribution in [2.45, 2.75) is 13.5 Å². The van der Waals surface area contributed by atoms with Crippen molar-refractivity contribution in [3.05, 3.63) is 61.5 Å². The topological polar surface area (TPSA) is 12.0 Å². The van der Waals surface area contributed by atoms with Crippen LogP contribution in [0.1, 0.15) is 11.1 Å². The van der Waals surface area contributed by atoms with Crippen LogP contribution < -0.4 is 5.32 Å². The molecule has 0 heterocycles. The van der Waals surface area contributed by atoms with E-state index in [-0.39, 0.29) is 0 Å². The maximum atomic E-state index is 6.13. The molecule has 2 rings (SSSR count). The molecule has 0 amide bonds. The predicted octanol–water partition coefficient (Wildman–Crippen LogP) is 5.79. The lowest BCUT2D eigenvalue weighted by molar-refractivity contribution is 1.14. The van der Waals surface area contributed by atoms with E-state index in [4.69, 9.17) is 11.6 Å². The van der Waals surface area contributed by atoms with Crippen LogP contribution in [0.15, 0.2) is 45.3 Å². The van der Waals surface area contributed by atoms with Gasteiger partial charge in [-0.1, -0.05) is 55.6 Å². The van der Waals surface area contributed by atoms with Crippen molar-refractivity contribution in [1.82, 2.24) is 0 Å². The Labute approximate surface area is 129 Å². The Hall–Kier alpha value is -0.510. The SMILES string of the molecule is Cc1cc(CNc2cc(Br)ccc2Cl)ccc1Br. The van der Waals surface area contributed by atoms with E-state index in [9.17, 15) is 0 Å². The molecule has 0 fully saturated rings. The van der Waals surface area contributed by atoms with Gasteiger partial charge in [0.05, 0.1) is 10.7 Å². The summed E-state index contributed by atoms with van der Waals surface area (Å²) in [5, 5.41) is 4.07. The number of aryl methyl sites for hydroxylation is 1. The van der Waals surface area contributed by atoms with Gasteiger partial charge in [0.1, 0.15) is 0 Å². The van der Waals surface area contributed by atoms with Crippen LogP contribution in [0.25, 0.3) is 0 Å². The lowest BCUT2D eigenvalue weighted by atomic mass is 10.1. The van der Waals surface area contributed by atoms with Crippen LogP contribution in [0, 0.1) is 6.92 Å². The zero-order chi connectivity index (χ0) is 13.1. The smallest absolute Gasteiger partial charge is 0.0638 e. The predicted molar refractivity (Wildman–Crippen MR) is 85.4 cm³/mol. The number of benzene rings is 2. The van der Waals surface area contributed by atoms with Gasteiger partial charge in [-0.05, 0) is 42.3 Å². The Bertz CT molecular complexity index is 570. The minimum atomic E-state index is 0.729. The van der Waals surface area contributed by atoms with E-state index in [1.165, 1.54) is 11.1 Å². The highest BCUT2D eigenvalue weighted by Gasteiger charge is 2.02. The summed E-state index contributed by atoms with van der Waals surface area (Å²) in [5.74, 6) is 0. The fourth-order valence-electron chi connectivity index (χ4n) is 1.65. The minimum Gasteiger partial charge on any atom is -0.380 e. The van der Waals surface area contributed by atoms with Crippen molar-refractivity contribution < 1.29 is 0 Å². The van der Waals surface area contributed by atoms with Crippen molar-refractivity contribution in [1.29, 1.82) is 0 Å². The molecule has 18 heavy (non-hydrogen) atoms. The average Bonchev–Trinajstić information content (AvgIpc) is 2.34. The summed E-state index contributed by atoms with van der Waals surface area (Å²) in [5.41, 5.74) is 3.40. The number of hydrogen-bond donors (Lipinski definition) is 1. The largest absolute Gasteiger partial charge is 0.380 e. The summed E-state index contributed by atoms with van der Waals surface area (Å²) in [6.45, 7) is 2.84. The second kappa shape index (κ2) is 6.09. The highest BCUT2D eigenvalue weighted by Crippen LogP contribution is 2.26. The van der Waals surface area contributed by atoms with E-state index in [0.717, 1.165) is 26.2 Å². The molecule has 0 aliphatic heterocycles. The molecule has 2 aromatic carbocycles. The molecule has 1 N–H and O–H groups in total. The maximum Gasteiger partial charge on any atom is 0.0638 e. The second-order valence-corrected chi connectivity index (χ2v) is 6.24. The van der Waals surface area contributed by atoms with Crippen LogP contribution in [-0.4, -0.2) is 0 Å². The lowest BCUT2D eigenvalue weighted by Gasteiger charge is -2.10. The average molecular weight is 390 g/mol. The van der Waals surface area contributed by atoms with Crippen molar-refractivity contribution in [3.8, 4) is 0 Å². The molecule has 0 saturated carbocycles. The van der Waals surface area contributed by atoms with E-state index in [1.807, 2.05) is 18.2 Å². The molecule has 94 valence electrons. The molecule has 4 heteroatoms. The van der Waals surface area contributed by atoms with Crippen molar-refractivity contribution in [2.75, 3.05) is 5.32 Å². The highest BCUT2D eigenvalue weighted by atomic mass is 79.9. The van der Waals surface area contributed by atoms with E-state index >= 15 is 0 Å². The van der Waals surface area contributed by atoms with Gasteiger partial charge < -0.3 is 5.32 Å². The fourth-order valence-corrected chi connectivity index (χ4v) is 2.44. The fraction of sp³-hybridized carbons (Fsp3) is 0.143. The second-order valence-electron chi connectivity index (χ2n) is 4.06. The first-order valence-corrected chi connectivity index (χ1v) is 7.46. The third-order valence-electron chi connectivity index (χ3n) is 2.63. The Balaban J connectivity index is 2.11. The van der Waals surface area contributed by atoms with Crippen molar-refractivity contribution in [2.24, 2.45) is 0 Å². The van der Waals surface area contributed by atoms with Crippen molar-refractivity contribution >= 4 is 49.1 Å². The molecule has 0 atom stereocenters. The van der Waals surface area contributed by atoms with Gasteiger partial charge in [-0.15, -0.1) is 0 Å². The first kappa shape index (κ1) is 13.9. The molecule has 0 radical (unpaired) electrons. The summed E-state index contributed by atoms with van der Waals surface area (Å²) in [6.07, 6.45) is 0. The molecule has 1 nitrogen and oxygen atoms in total. The van der Waals surface area contributed by atoms with Gasteiger partial charge in [-0.3, -0.25) is 0 Å². The molecule has 0 unspecified atom stereocenters. The first-order valence-electron chi connectivity index (χ1n) is 5.50. The maximum absolute atomic E-state index is 6.13. The first-order chi connectivity index (χ1) is 8.56. The number of rotatable bonds is 3. The van der Waals surface area contributed by atoms with Crippen LogP contribution in [0.2, 0.25) is 5.02 Å². The van der Waals surface area contributed by atoms with Gasteiger partial charge in [0.2, 0.25) is 0 Å². The van der Waals surface area contributed by atoms with Crippen LogP contribution in [0.3, 0.4) is 0 Å². The molecular weight excluding hydrogens is 377 g/mol. The molecule has 0 aliphatic rings. The van der Waals surface area contributed by atoms with Gasteiger partial charge in [-0.2, -0.15) is 0 Å². The quantitative estimate of drug-likeness (QED) is 0.701. The zero-order valence-electron chi connectivity index (χ0n) is 9.81. The third-order valence-corrected chi connectivity index (χ3v) is 4.35. The molecule has 2 aromatic rings. The molecule has 0 spiro atoms. The summed E-state index contributed by atoms with van der Waals surface area (Å²) in [6, 6.07) is 12.1. The molecule has 0 bridgehead atoms. The summed E-state index contributed by atoms with van der Waals surface area (Å²) < 4.78 is 2.15. The van der Waals surface area contributed by atoms with E-state index < -0.39 is 0 Å². The summed E-state index contributed by atoms with van der Waals surface area (Å²) in [4.78, 5) is 0. The van der Waals surface area contributed by atoms with Crippen molar-refractivity contribution in [3.63, 3.8) is 0 Å². The number of halogens is 3. The van der Waals surface area contributed by atoms with Crippen LogP contribution in [-0.2, 0) is 6.54 Å². The highest BCUT2D eigenvalue weighted by molar-refractivity contribution is 9.10. The summed E-state index contributed by atoms with van der Waals surface area (Å²) in [7, 11) is 0. The zero-order valence-corrected chi connectivity index (χ0v) is 13.7. The lowest BCUT2D eigenvalue weighted by Crippen LogP contribution is -2.00. The molecule has 0 saturated heterocycles. The van der Waals surface area contributed by atoms with Gasteiger partial charge in [0, 0.05) is 15.5 Å². The molecular formula is C14H12Br2ClN. The van der Waals surface area contributed by atoms with Gasteiger partial charge in [0.25, 0.3) is 0 Å². The van der Waals surface area contributed by atoms with E-state index in [0.29, 0.717) is 0 Å². The van der Waals surface area contributed by atoms with Crippen LogP contribution >= 0.6 is 43.5 Å². The minimum absolute atomic E-state index is 0.729. The number of nitrogens with one attached hydrogen (secondary N) is 1. The van der Waals surface area contributed by atoms with E-state index in [2.05, 4.69) is 62.3 Å². The van der Waals surface area contributed by atoms with Crippen LogP contribution in [0.5, 0.6) is 0 Å². The Kier molecular flexibility index (Phi) is 4.71. The number of anilines is 1. The monoisotopic (exact) mass is 387 g/mol. The molecule has 0 aliphatic carbocycles. The normalized spacial score (nSPS) is 10.4.